The number of benzene rings is 1. The Labute approximate surface area is 155 Å². The number of anilines is 1. The lowest BCUT2D eigenvalue weighted by Crippen LogP contribution is -2.38. The zero-order chi connectivity index (χ0) is 20.0. The number of sulfonamides is 1. The fraction of sp³-hybridized carbons (Fsp3) is 0.312. The number of nitrogens with one attached hydrogen (secondary N) is 1. The summed E-state index contributed by atoms with van der Waals surface area (Å²) in [5.41, 5.74) is 5.68. The minimum atomic E-state index is -4.04. The molecule has 0 aliphatic rings. The van der Waals surface area contributed by atoms with Gasteiger partial charge in [-0.25, -0.2) is 32.0 Å². The monoisotopic (exact) mass is 394 g/mol. The summed E-state index contributed by atoms with van der Waals surface area (Å²) in [5.74, 6) is -0.557. The Morgan fingerprint density at radius 3 is 2.70 bits per heavy atom. The van der Waals surface area contributed by atoms with Crippen LogP contribution in [0, 0.1) is 12.7 Å². The number of nitrogen functional groups attached to an aromatic ring is 1. The number of halogens is 1. The quantitative estimate of drug-likeness (QED) is 0.584. The van der Waals surface area contributed by atoms with E-state index in [4.69, 9.17) is 5.73 Å². The molecule has 9 nitrogen and oxygen atoms in total. The van der Waals surface area contributed by atoms with E-state index in [2.05, 4.69) is 19.8 Å². The molecular formula is C16H19FN6O3S. The van der Waals surface area contributed by atoms with Crippen LogP contribution in [0.2, 0.25) is 0 Å². The van der Waals surface area contributed by atoms with Crippen LogP contribution in [0.3, 0.4) is 0 Å². The van der Waals surface area contributed by atoms with Crippen molar-refractivity contribution >= 4 is 21.5 Å². The van der Waals surface area contributed by atoms with Crippen LogP contribution in [0.15, 0.2) is 29.6 Å². The van der Waals surface area contributed by atoms with Crippen LogP contribution in [0.25, 0.3) is 16.9 Å². The van der Waals surface area contributed by atoms with Crippen molar-refractivity contribution in [2.24, 2.45) is 0 Å². The van der Waals surface area contributed by atoms with Crippen LogP contribution in [-0.4, -0.2) is 45.3 Å². The van der Waals surface area contributed by atoms with E-state index >= 15 is 0 Å². The third-order valence-electron chi connectivity index (χ3n) is 3.93. The second kappa shape index (κ2) is 6.51. The normalized spacial score (nSPS) is 12.6. The topological polar surface area (TPSA) is 136 Å². The minimum absolute atomic E-state index is 0.144. The Bertz CT molecular complexity index is 1120. The zero-order valence-corrected chi connectivity index (χ0v) is 15.7. The number of rotatable bonds is 5. The predicted octanol–water partition coefficient (Wildman–Crippen LogP) is 0.870. The highest BCUT2D eigenvalue weighted by atomic mass is 32.2. The molecule has 3 rings (SSSR count). The highest BCUT2D eigenvalue weighted by molar-refractivity contribution is 7.89. The predicted molar refractivity (Wildman–Crippen MR) is 96.8 cm³/mol. The van der Waals surface area contributed by atoms with Gasteiger partial charge in [0.15, 0.2) is 11.5 Å². The van der Waals surface area contributed by atoms with Gasteiger partial charge in [0.1, 0.15) is 12.1 Å². The second-order valence-electron chi connectivity index (χ2n) is 6.74. The van der Waals surface area contributed by atoms with E-state index in [1.807, 2.05) is 0 Å². The first-order valence-corrected chi connectivity index (χ1v) is 9.45. The van der Waals surface area contributed by atoms with E-state index in [1.54, 1.807) is 0 Å². The fourth-order valence-corrected chi connectivity index (χ4v) is 3.69. The van der Waals surface area contributed by atoms with E-state index in [0.717, 1.165) is 6.07 Å². The second-order valence-corrected chi connectivity index (χ2v) is 8.51. The SMILES string of the molecule is Cc1c(F)cc(S(=O)(=O)NCC(C)(C)O)cc1-c1cnc2c(N)ncnn12. The number of fused-ring (bicyclic) bond motifs is 1. The van der Waals surface area contributed by atoms with E-state index in [1.165, 1.54) is 43.9 Å². The van der Waals surface area contributed by atoms with Crippen LogP contribution in [0.4, 0.5) is 10.2 Å². The molecule has 2 aromatic heterocycles. The smallest absolute Gasteiger partial charge is 0.240 e. The van der Waals surface area contributed by atoms with Gasteiger partial charge < -0.3 is 10.8 Å². The summed E-state index contributed by atoms with van der Waals surface area (Å²) >= 11 is 0. The number of nitrogens with zero attached hydrogens (tertiary/aromatic N) is 4. The van der Waals surface area contributed by atoms with Crippen LogP contribution < -0.4 is 10.5 Å². The zero-order valence-electron chi connectivity index (χ0n) is 14.9. The summed E-state index contributed by atoms with van der Waals surface area (Å²) in [4.78, 5) is 7.68. The summed E-state index contributed by atoms with van der Waals surface area (Å²) in [6, 6.07) is 2.25. The number of hydrogen-bond acceptors (Lipinski definition) is 7. The molecule has 0 bridgehead atoms. The molecule has 0 fully saturated rings. The van der Waals surface area contributed by atoms with Crippen molar-refractivity contribution in [2.45, 2.75) is 31.3 Å². The summed E-state index contributed by atoms with van der Waals surface area (Å²) in [6.07, 6.45) is 2.65. The average molecular weight is 394 g/mol. The van der Waals surface area contributed by atoms with E-state index in [-0.39, 0.29) is 28.5 Å². The number of aliphatic hydroxyl groups is 1. The first-order valence-electron chi connectivity index (χ1n) is 7.96. The maximum atomic E-state index is 14.5. The van der Waals surface area contributed by atoms with Crippen molar-refractivity contribution in [1.82, 2.24) is 24.3 Å². The minimum Gasteiger partial charge on any atom is -0.389 e. The molecular weight excluding hydrogens is 375 g/mol. The van der Waals surface area contributed by atoms with Gasteiger partial charge in [0.25, 0.3) is 0 Å². The highest BCUT2D eigenvalue weighted by Gasteiger charge is 2.23. The largest absolute Gasteiger partial charge is 0.389 e. The van der Waals surface area contributed by atoms with Gasteiger partial charge in [-0.1, -0.05) is 0 Å². The molecule has 0 radical (unpaired) electrons. The average Bonchev–Trinajstić information content (AvgIpc) is 3.00. The van der Waals surface area contributed by atoms with Crippen molar-refractivity contribution in [2.75, 3.05) is 12.3 Å². The maximum Gasteiger partial charge on any atom is 0.240 e. The lowest BCUT2D eigenvalue weighted by molar-refractivity contribution is 0.0857. The van der Waals surface area contributed by atoms with Gasteiger partial charge in [0, 0.05) is 12.1 Å². The molecule has 11 heteroatoms. The van der Waals surface area contributed by atoms with Gasteiger partial charge in [-0.3, -0.25) is 0 Å². The molecule has 0 aliphatic heterocycles. The van der Waals surface area contributed by atoms with E-state index in [9.17, 15) is 17.9 Å². The van der Waals surface area contributed by atoms with Gasteiger partial charge in [-0.05, 0) is 38.5 Å². The molecule has 0 saturated carbocycles. The molecule has 2 heterocycles. The Hall–Kier alpha value is -2.63. The van der Waals surface area contributed by atoms with E-state index in [0.29, 0.717) is 11.3 Å². The molecule has 0 saturated heterocycles. The van der Waals surface area contributed by atoms with Crippen LogP contribution >= 0.6 is 0 Å². The third-order valence-corrected chi connectivity index (χ3v) is 5.31. The van der Waals surface area contributed by atoms with Crippen molar-refractivity contribution in [1.29, 1.82) is 0 Å². The maximum absolute atomic E-state index is 14.5. The Balaban J connectivity index is 2.14. The number of hydrogen-bond donors (Lipinski definition) is 3. The first kappa shape index (κ1) is 19.1. The van der Waals surface area contributed by atoms with Crippen LogP contribution in [0.5, 0.6) is 0 Å². The first-order chi connectivity index (χ1) is 12.5. The molecule has 1 aromatic carbocycles. The van der Waals surface area contributed by atoms with Crippen molar-refractivity contribution in [3.8, 4) is 11.3 Å². The Morgan fingerprint density at radius 1 is 1.33 bits per heavy atom. The summed E-state index contributed by atoms with van der Waals surface area (Å²) < 4.78 is 43.2. The van der Waals surface area contributed by atoms with Gasteiger partial charge in [-0.15, -0.1) is 0 Å². The molecule has 27 heavy (non-hydrogen) atoms. The molecule has 0 aliphatic carbocycles. The van der Waals surface area contributed by atoms with Gasteiger partial charge >= 0.3 is 0 Å². The summed E-state index contributed by atoms with van der Waals surface area (Å²) in [7, 11) is -4.04. The lowest BCUT2D eigenvalue weighted by Gasteiger charge is -2.18. The van der Waals surface area contributed by atoms with Crippen molar-refractivity contribution in [3.63, 3.8) is 0 Å². The third kappa shape index (κ3) is 3.75. The van der Waals surface area contributed by atoms with Crippen molar-refractivity contribution < 1.29 is 17.9 Å². The molecule has 0 amide bonds. The van der Waals surface area contributed by atoms with E-state index < -0.39 is 21.4 Å². The molecule has 144 valence electrons. The molecule has 0 unspecified atom stereocenters. The standard InChI is InChI=1S/C16H19FN6O3S/c1-9-11(13-6-19-15-14(18)20-8-21-23(13)15)4-10(5-12(9)17)27(25,26)22-7-16(2,3)24/h4-6,8,22,24H,7H2,1-3H3,(H2,18,20,21). The molecule has 0 spiro atoms. The van der Waals surface area contributed by atoms with Crippen molar-refractivity contribution in [3.05, 3.63) is 36.0 Å². The van der Waals surface area contributed by atoms with Gasteiger partial charge in [-0.2, -0.15) is 5.10 Å². The lowest BCUT2D eigenvalue weighted by atomic mass is 10.1. The molecule has 0 atom stereocenters. The molecule has 3 aromatic rings. The Kier molecular flexibility index (Phi) is 4.62. The molecule has 4 N–H and O–H groups in total. The Morgan fingerprint density at radius 2 is 2.04 bits per heavy atom. The van der Waals surface area contributed by atoms with Crippen LogP contribution in [0.1, 0.15) is 19.4 Å². The van der Waals surface area contributed by atoms with Gasteiger partial charge in [0.05, 0.1) is 22.4 Å². The summed E-state index contributed by atoms with van der Waals surface area (Å²) in [6.45, 7) is 4.22. The highest BCUT2D eigenvalue weighted by Crippen LogP contribution is 2.29. The number of aromatic nitrogens is 4. The number of imidazole rings is 1. The number of nitrogens with two attached hydrogens (primary N) is 1. The van der Waals surface area contributed by atoms with Gasteiger partial charge in [0.2, 0.25) is 10.0 Å². The fourth-order valence-electron chi connectivity index (χ4n) is 2.45. The summed E-state index contributed by atoms with van der Waals surface area (Å²) in [5, 5.41) is 13.8. The van der Waals surface area contributed by atoms with Crippen LogP contribution in [-0.2, 0) is 10.0 Å².